The predicted molar refractivity (Wildman–Crippen MR) is 49.1 cm³/mol. The van der Waals surface area contributed by atoms with Gasteiger partial charge in [0.2, 0.25) is 10.0 Å². The molecule has 0 saturated carbocycles. The summed E-state index contributed by atoms with van der Waals surface area (Å²) in [5.74, 6) is 0. The van der Waals surface area contributed by atoms with Crippen LogP contribution in [0.4, 0.5) is 0 Å². The minimum absolute atomic E-state index is 0.346. The van der Waals surface area contributed by atoms with Crippen LogP contribution in [0.15, 0.2) is 11.1 Å². The van der Waals surface area contributed by atoms with Crippen LogP contribution in [0.25, 0.3) is 0 Å². The van der Waals surface area contributed by atoms with Gasteiger partial charge in [0.25, 0.3) is 0 Å². The minimum atomic E-state index is -3.32. The summed E-state index contributed by atoms with van der Waals surface area (Å²) in [4.78, 5) is 0. The van der Waals surface area contributed by atoms with Gasteiger partial charge in [-0.3, -0.25) is 0 Å². The molecule has 0 aromatic rings. The van der Waals surface area contributed by atoms with Crippen molar-refractivity contribution < 1.29 is 8.42 Å². The Kier molecular flexibility index (Phi) is 2.58. The van der Waals surface area contributed by atoms with Crippen molar-refractivity contribution in [1.82, 2.24) is 0 Å². The van der Waals surface area contributed by atoms with Crippen molar-refractivity contribution in [3.63, 3.8) is 0 Å². The molecule has 0 amide bonds. The van der Waals surface area contributed by atoms with Gasteiger partial charge in [-0.25, -0.2) is 13.6 Å². The average molecular weight is 189 g/mol. The maximum atomic E-state index is 11.0. The van der Waals surface area contributed by atoms with E-state index in [2.05, 4.69) is 6.92 Å². The molecule has 0 aliphatic heterocycles. The van der Waals surface area contributed by atoms with Crippen LogP contribution in [0.1, 0.15) is 33.1 Å². The summed E-state index contributed by atoms with van der Waals surface area (Å²) in [7, 11) is -3.32. The molecule has 4 heteroatoms. The quantitative estimate of drug-likeness (QED) is 0.629. The highest BCUT2D eigenvalue weighted by atomic mass is 32.2. The van der Waals surface area contributed by atoms with Gasteiger partial charge in [-0.2, -0.15) is 0 Å². The van der Waals surface area contributed by atoms with E-state index in [0.717, 1.165) is 6.42 Å². The second-order valence-electron chi connectivity index (χ2n) is 3.51. The lowest BCUT2D eigenvalue weighted by molar-refractivity contribution is 0.561. The van der Waals surface area contributed by atoms with Gasteiger partial charge in [-0.1, -0.05) is 11.1 Å². The molecule has 70 valence electrons. The number of allylic oxidation sites excluding steroid dienone is 2. The smallest absolute Gasteiger partial charge is 0.212 e. The minimum Gasteiger partial charge on any atom is -0.228 e. The Morgan fingerprint density at radius 2 is 1.92 bits per heavy atom. The fraction of sp³-hybridized carbons (Fsp3) is 0.750. The fourth-order valence-corrected chi connectivity index (χ4v) is 2.42. The zero-order chi connectivity index (χ0) is 9.35. The molecule has 0 heterocycles. The van der Waals surface area contributed by atoms with E-state index >= 15 is 0 Å². The molecule has 1 aliphatic carbocycles. The van der Waals surface area contributed by atoms with Crippen LogP contribution in [-0.2, 0) is 10.0 Å². The number of primary sulfonamides is 1. The lowest BCUT2D eigenvalue weighted by Crippen LogP contribution is -2.30. The summed E-state index contributed by atoms with van der Waals surface area (Å²) < 4.78 is 22.0. The maximum Gasteiger partial charge on any atom is 0.212 e. The number of hydrogen-bond acceptors (Lipinski definition) is 2. The topological polar surface area (TPSA) is 60.2 Å². The Labute approximate surface area is 73.7 Å². The van der Waals surface area contributed by atoms with Crippen LogP contribution in [0.5, 0.6) is 0 Å². The fourth-order valence-electron chi connectivity index (χ4n) is 1.49. The first-order valence-electron chi connectivity index (χ1n) is 4.08. The van der Waals surface area contributed by atoms with Gasteiger partial charge in [-0.05, 0) is 33.1 Å². The number of nitrogens with two attached hydrogens (primary N) is 1. The van der Waals surface area contributed by atoms with Gasteiger partial charge in [0, 0.05) is 0 Å². The first-order chi connectivity index (χ1) is 5.41. The lowest BCUT2D eigenvalue weighted by Gasteiger charge is -2.22. The molecule has 0 spiro atoms. The van der Waals surface area contributed by atoms with Crippen molar-refractivity contribution in [3.05, 3.63) is 11.1 Å². The van der Waals surface area contributed by atoms with Gasteiger partial charge in [0.15, 0.2) is 0 Å². The van der Waals surface area contributed by atoms with Crippen LogP contribution >= 0.6 is 0 Å². The SMILES string of the molecule is CC1=C(C)CC(S(N)(=O)=O)CC1. The Balaban J connectivity index is 2.81. The van der Waals surface area contributed by atoms with Crippen LogP contribution in [0.2, 0.25) is 0 Å². The van der Waals surface area contributed by atoms with Crippen molar-refractivity contribution in [2.24, 2.45) is 5.14 Å². The van der Waals surface area contributed by atoms with Crippen LogP contribution < -0.4 is 5.14 Å². The first kappa shape index (κ1) is 9.74. The standard InChI is InChI=1S/C8H15NO2S/c1-6-3-4-8(5-7(6)2)12(9,10)11/h8H,3-5H2,1-2H3,(H2,9,10,11). The summed E-state index contributed by atoms with van der Waals surface area (Å²) in [6.07, 6.45) is 2.17. The van der Waals surface area contributed by atoms with Crippen LogP contribution in [0, 0.1) is 0 Å². The molecule has 0 fully saturated rings. The number of sulfonamides is 1. The van der Waals surface area contributed by atoms with Crippen molar-refractivity contribution in [3.8, 4) is 0 Å². The van der Waals surface area contributed by atoms with Crippen molar-refractivity contribution >= 4 is 10.0 Å². The van der Waals surface area contributed by atoms with Crippen molar-refractivity contribution in [2.45, 2.75) is 38.4 Å². The maximum absolute atomic E-state index is 11.0. The summed E-state index contributed by atoms with van der Waals surface area (Å²) in [5.41, 5.74) is 2.50. The van der Waals surface area contributed by atoms with E-state index in [-0.39, 0.29) is 5.25 Å². The summed E-state index contributed by atoms with van der Waals surface area (Å²) >= 11 is 0. The van der Waals surface area contributed by atoms with E-state index < -0.39 is 10.0 Å². The second-order valence-corrected chi connectivity index (χ2v) is 5.36. The molecule has 0 aromatic heterocycles. The van der Waals surface area contributed by atoms with E-state index in [0.29, 0.717) is 12.8 Å². The molecule has 0 bridgehead atoms. The van der Waals surface area contributed by atoms with Gasteiger partial charge >= 0.3 is 0 Å². The number of rotatable bonds is 1. The normalized spacial score (nSPS) is 26.1. The van der Waals surface area contributed by atoms with E-state index in [1.54, 1.807) is 0 Å². The van der Waals surface area contributed by atoms with Crippen molar-refractivity contribution in [2.75, 3.05) is 0 Å². The largest absolute Gasteiger partial charge is 0.228 e. The molecule has 12 heavy (non-hydrogen) atoms. The molecule has 0 radical (unpaired) electrons. The van der Waals surface area contributed by atoms with Crippen LogP contribution in [0.3, 0.4) is 0 Å². The Morgan fingerprint density at radius 3 is 2.33 bits per heavy atom. The van der Waals surface area contributed by atoms with E-state index in [1.165, 1.54) is 11.1 Å². The van der Waals surface area contributed by atoms with Gasteiger partial charge in [0.1, 0.15) is 0 Å². The lowest BCUT2D eigenvalue weighted by atomic mass is 9.94. The second kappa shape index (κ2) is 3.18. The van der Waals surface area contributed by atoms with Crippen molar-refractivity contribution in [1.29, 1.82) is 0 Å². The Morgan fingerprint density at radius 1 is 1.33 bits per heavy atom. The number of hydrogen-bond donors (Lipinski definition) is 1. The zero-order valence-electron chi connectivity index (χ0n) is 7.50. The van der Waals surface area contributed by atoms with Crippen LogP contribution in [-0.4, -0.2) is 13.7 Å². The van der Waals surface area contributed by atoms with E-state index in [1.807, 2.05) is 6.92 Å². The predicted octanol–water partition coefficient (Wildman–Crippen LogP) is 1.16. The molecule has 1 unspecified atom stereocenters. The molecule has 0 saturated heterocycles. The summed E-state index contributed by atoms with van der Waals surface area (Å²) in [6, 6.07) is 0. The van der Waals surface area contributed by atoms with Gasteiger partial charge in [-0.15, -0.1) is 0 Å². The molecule has 1 atom stereocenters. The summed E-state index contributed by atoms with van der Waals surface area (Å²) in [5, 5.41) is 4.72. The monoisotopic (exact) mass is 189 g/mol. The van der Waals surface area contributed by atoms with E-state index in [9.17, 15) is 8.42 Å². The molecule has 0 aromatic carbocycles. The third kappa shape index (κ3) is 2.08. The van der Waals surface area contributed by atoms with Gasteiger partial charge in [0.05, 0.1) is 5.25 Å². The molecule has 2 N–H and O–H groups in total. The molecular weight excluding hydrogens is 174 g/mol. The molecule has 1 aliphatic rings. The third-order valence-electron chi connectivity index (χ3n) is 2.57. The average Bonchev–Trinajstić information content (AvgIpc) is 1.92. The molecular formula is C8H15NO2S. The molecule has 1 rings (SSSR count). The Bertz CT molecular complexity index is 303. The van der Waals surface area contributed by atoms with E-state index in [4.69, 9.17) is 5.14 Å². The third-order valence-corrected chi connectivity index (χ3v) is 3.90. The Hall–Kier alpha value is -0.350. The summed E-state index contributed by atoms with van der Waals surface area (Å²) in [6.45, 7) is 4.03. The molecule has 3 nitrogen and oxygen atoms in total. The highest BCUT2D eigenvalue weighted by molar-refractivity contribution is 7.89. The van der Waals surface area contributed by atoms with Gasteiger partial charge < -0.3 is 0 Å². The first-order valence-corrected chi connectivity index (χ1v) is 5.69. The highest BCUT2D eigenvalue weighted by Gasteiger charge is 2.25. The highest BCUT2D eigenvalue weighted by Crippen LogP contribution is 2.27. The zero-order valence-corrected chi connectivity index (χ0v) is 8.32.